The lowest BCUT2D eigenvalue weighted by Gasteiger charge is -2.20. The molecule has 1 heterocycles. The summed E-state index contributed by atoms with van der Waals surface area (Å²) >= 11 is 1.39. The molecule has 1 N–H and O–H groups in total. The summed E-state index contributed by atoms with van der Waals surface area (Å²) in [6.07, 6.45) is 0. The van der Waals surface area contributed by atoms with Crippen LogP contribution in [0.25, 0.3) is 10.8 Å². The molecular formula is C21H26N4O2S. The number of hydrogen-bond acceptors (Lipinski definition) is 5. The number of carbonyl (C=O) groups excluding carboxylic acids is 1. The summed E-state index contributed by atoms with van der Waals surface area (Å²) in [5.41, 5.74) is -0.243. The first-order valence-corrected chi connectivity index (χ1v) is 10.3. The predicted molar refractivity (Wildman–Crippen MR) is 113 cm³/mol. The molecule has 0 spiro atoms. The zero-order valence-corrected chi connectivity index (χ0v) is 17.5. The van der Waals surface area contributed by atoms with E-state index in [2.05, 4.69) is 27.6 Å². The molecule has 6 nitrogen and oxygen atoms in total. The third kappa shape index (κ3) is 5.04. The zero-order chi connectivity index (χ0) is 20.1. The van der Waals surface area contributed by atoms with Crippen LogP contribution in [0.2, 0.25) is 0 Å². The molecule has 0 saturated carbocycles. The summed E-state index contributed by atoms with van der Waals surface area (Å²) in [5, 5.41) is 14.4. The molecule has 0 aliphatic heterocycles. The maximum Gasteiger partial charge on any atom is 0.230 e. The van der Waals surface area contributed by atoms with Crippen molar-refractivity contribution in [3.05, 3.63) is 48.3 Å². The van der Waals surface area contributed by atoms with Crippen molar-refractivity contribution in [2.24, 2.45) is 0 Å². The van der Waals surface area contributed by atoms with E-state index in [-0.39, 0.29) is 11.4 Å². The van der Waals surface area contributed by atoms with E-state index in [1.165, 1.54) is 11.8 Å². The van der Waals surface area contributed by atoms with Crippen LogP contribution in [0.3, 0.4) is 0 Å². The number of ether oxygens (including phenoxy) is 1. The highest BCUT2D eigenvalue weighted by Crippen LogP contribution is 2.26. The number of amides is 1. The SMILES string of the molecule is CCn1c(COc2cccc3ccccc23)nnc1SCC(=O)NC(C)(C)C. The quantitative estimate of drug-likeness (QED) is 0.609. The summed E-state index contributed by atoms with van der Waals surface area (Å²) in [6, 6.07) is 14.1. The molecule has 0 radical (unpaired) electrons. The number of benzene rings is 2. The number of hydrogen-bond donors (Lipinski definition) is 1. The Morgan fingerprint density at radius 1 is 1.14 bits per heavy atom. The zero-order valence-electron chi connectivity index (χ0n) is 16.7. The van der Waals surface area contributed by atoms with Gasteiger partial charge in [-0.15, -0.1) is 10.2 Å². The third-order valence-electron chi connectivity index (χ3n) is 4.06. The lowest BCUT2D eigenvalue weighted by atomic mass is 10.1. The van der Waals surface area contributed by atoms with Gasteiger partial charge in [-0.1, -0.05) is 48.2 Å². The van der Waals surface area contributed by atoms with Gasteiger partial charge in [0.05, 0.1) is 5.75 Å². The van der Waals surface area contributed by atoms with Crippen molar-refractivity contribution in [1.29, 1.82) is 0 Å². The largest absolute Gasteiger partial charge is 0.485 e. The first-order chi connectivity index (χ1) is 13.4. The fourth-order valence-electron chi connectivity index (χ4n) is 2.90. The fourth-order valence-corrected chi connectivity index (χ4v) is 3.72. The van der Waals surface area contributed by atoms with Crippen LogP contribution >= 0.6 is 11.8 Å². The van der Waals surface area contributed by atoms with Crippen molar-refractivity contribution in [2.75, 3.05) is 5.75 Å². The van der Waals surface area contributed by atoms with Crippen molar-refractivity contribution < 1.29 is 9.53 Å². The number of nitrogens with zero attached hydrogens (tertiary/aromatic N) is 3. The van der Waals surface area contributed by atoms with Crippen LogP contribution < -0.4 is 10.1 Å². The molecule has 0 aliphatic carbocycles. The molecule has 1 amide bonds. The van der Waals surface area contributed by atoms with E-state index in [9.17, 15) is 4.79 Å². The molecule has 7 heteroatoms. The molecule has 1 aromatic heterocycles. The standard InChI is InChI=1S/C21H26N4O2S/c1-5-25-18(23-24-20(25)28-14-19(26)22-21(2,3)4)13-27-17-12-8-10-15-9-6-7-11-16(15)17/h6-12H,5,13-14H2,1-4H3,(H,22,26). The van der Waals surface area contributed by atoms with Crippen molar-refractivity contribution in [2.45, 2.75) is 51.5 Å². The van der Waals surface area contributed by atoms with Crippen molar-refractivity contribution in [3.63, 3.8) is 0 Å². The van der Waals surface area contributed by atoms with Gasteiger partial charge in [0.1, 0.15) is 12.4 Å². The Labute approximate surface area is 169 Å². The minimum absolute atomic E-state index is 0.0169. The Morgan fingerprint density at radius 3 is 2.64 bits per heavy atom. The van der Waals surface area contributed by atoms with Gasteiger partial charge in [0, 0.05) is 17.5 Å². The minimum atomic E-state index is -0.243. The van der Waals surface area contributed by atoms with Crippen LogP contribution in [-0.4, -0.2) is 32.0 Å². The summed E-state index contributed by atoms with van der Waals surface area (Å²) in [7, 11) is 0. The summed E-state index contributed by atoms with van der Waals surface area (Å²) < 4.78 is 8.03. The third-order valence-corrected chi connectivity index (χ3v) is 5.03. The minimum Gasteiger partial charge on any atom is -0.485 e. The molecule has 148 valence electrons. The number of fused-ring (bicyclic) bond motifs is 1. The Bertz CT molecular complexity index is 957. The average molecular weight is 399 g/mol. The van der Waals surface area contributed by atoms with Gasteiger partial charge in [0.15, 0.2) is 11.0 Å². The second-order valence-electron chi connectivity index (χ2n) is 7.50. The first-order valence-electron chi connectivity index (χ1n) is 9.34. The average Bonchev–Trinajstić information content (AvgIpc) is 3.05. The number of aromatic nitrogens is 3. The summed E-state index contributed by atoms with van der Waals surface area (Å²) in [4.78, 5) is 12.1. The highest BCUT2D eigenvalue weighted by Gasteiger charge is 2.17. The fraction of sp³-hybridized carbons (Fsp3) is 0.381. The molecule has 3 rings (SSSR count). The molecule has 0 atom stereocenters. The van der Waals surface area contributed by atoms with Gasteiger partial charge in [-0.05, 0) is 39.1 Å². The first kappa shape index (κ1) is 20.2. The van der Waals surface area contributed by atoms with Crippen LogP contribution in [0.15, 0.2) is 47.6 Å². The summed E-state index contributed by atoms with van der Waals surface area (Å²) in [6.45, 7) is 8.96. The molecule has 0 saturated heterocycles. The smallest absolute Gasteiger partial charge is 0.230 e. The van der Waals surface area contributed by atoms with Crippen LogP contribution in [0.5, 0.6) is 5.75 Å². The molecule has 0 bridgehead atoms. The molecule has 28 heavy (non-hydrogen) atoms. The highest BCUT2D eigenvalue weighted by molar-refractivity contribution is 7.99. The Morgan fingerprint density at radius 2 is 1.89 bits per heavy atom. The van der Waals surface area contributed by atoms with Gasteiger partial charge in [-0.3, -0.25) is 4.79 Å². The molecule has 0 fully saturated rings. The predicted octanol–water partition coefficient (Wildman–Crippen LogP) is 4.04. The van der Waals surface area contributed by atoms with Crippen LogP contribution in [0.1, 0.15) is 33.5 Å². The molecule has 3 aromatic rings. The maximum absolute atomic E-state index is 12.1. The van der Waals surface area contributed by atoms with E-state index in [4.69, 9.17) is 4.74 Å². The van der Waals surface area contributed by atoms with Crippen molar-refractivity contribution in [1.82, 2.24) is 20.1 Å². The van der Waals surface area contributed by atoms with Gasteiger partial charge >= 0.3 is 0 Å². The molecule has 0 unspecified atom stereocenters. The number of rotatable bonds is 7. The normalized spacial score (nSPS) is 11.6. The lowest BCUT2D eigenvalue weighted by Crippen LogP contribution is -2.41. The van der Waals surface area contributed by atoms with E-state index < -0.39 is 0 Å². The topological polar surface area (TPSA) is 69.0 Å². The van der Waals surface area contributed by atoms with Crippen LogP contribution in [0, 0.1) is 0 Å². The van der Waals surface area contributed by atoms with E-state index in [0.717, 1.165) is 27.5 Å². The number of thioether (sulfide) groups is 1. The Kier molecular flexibility index (Phi) is 6.24. The monoisotopic (exact) mass is 398 g/mol. The Balaban J connectivity index is 1.67. The molecular weight excluding hydrogens is 372 g/mol. The van der Waals surface area contributed by atoms with E-state index in [0.29, 0.717) is 18.9 Å². The van der Waals surface area contributed by atoms with E-state index in [1.54, 1.807) is 0 Å². The highest BCUT2D eigenvalue weighted by atomic mass is 32.2. The summed E-state index contributed by atoms with van der Waals surface area (Å²) in [5.74, 6) is 1.85. The van der Waals surface area contributed by atoms with Gasteiger partial charge in [-0.2, -0.15) is 0 Å². The van der Waals surface area contributed by atoms with Crippen molar-refractivity contribution in [3.8, 4) is 5.75 Å². The van der Waals surface area contributed by atoms with Gasteiger partial charge in [0.25, 0.3) is 0 Å². The van der Waals surface area contributed by atoms with Gasteiger partial charge < -0.3 is 14.6 Å². The van der Waals surface area contributed by atoms with Gasteiger partial charge in [0.2, 0.25) is 5.91 Å². The second kappa shape index (κ2) is 8.65. The number of carbonyl (C=O) groups is 1. The van der Waals surface area contributed by atoms with E-state index >= 15 is 0 Å². The molecule has 2 aromatic carbocycles. The van der Waals surface area contributed by atoms with Crippen LogP contribution in [0.4, 0.5) is 0 Å². The molecule has 0 aliphatic rings. The van der Waals surface area contributed by atoms with Crippen molar-refractivity contribution >= 4 is 28.4 Å². The van der Waals surface area contributed by atoms with E-state index in [1.807, 2.05) is 62.6 Å². The Hall–Kier alpha value is -2.54. The van der Waals surface area contributed by atoms with Crippen LogP contribution in [-0.2, 0) is 17.9 Å². The van der Waals surface area contributed by atoms with Gasteiger partial charge in [-0.25, -0.2) is 0 Å². The lowest BCUT2D eigenvalue weighted by molar-refractivity contribution is -0.119. The number of nitrogens with one attached hydrogen (secondary N) is 1. The maximum atomic E-state index is 12.1. The second-order valence-corrected chi connectivity index (χ2v) is 8.44.